The predicted molar refractivity (Wildman–Crippen MR) is 231 cm³/mol. The molecule has 2 aliphatic rings. The molecule has 0 atom stereocenters. The zero-order valence-corrected chi connectivity index (χ0v) is 34.1. The fourth-order valence-electron chi connectivity index (χ4n) is 7.44. The molecule has 0 spiro atoms. The molecule has 59 heavy (non-hydrogen) atoms. The number of nitrogens with zero attached hydrogens (tertiary/aromatic N) is 9. The minimum absolute atomic E-state index is 0.0507. The van der Waals surface area contributed by atoms with Gasteiger partial charge in [-0.3, -0.25) is 19.4 Å². The number of aromatic nitrogens is 5. The molecule has 8 rings (SSSR count). The third-order valence-corrected chi connectivity index (χ3v) is 11.0. The normalized spacial score (nSPS) is 15.0. The van der Waals surface area contributed by atoms with E-state index in [0.29, 0.717) is 40.8 Å². The SMILES string of the molecule is Cn1cnc2ccc(OCCCCN3CCN(c4ccc(F)cc4)CC3)cc2c1=O.Cn1cnc2ccc(OCCCCN3CCN(c4ccccn4)CC3)cc2c1=O. The van der Waals surface area contributed by atoms with Gasteiger partial charge in [0.05, 0.1) is 47.7 Å². The van der Waals surface area contributed by atoms with Gasteiger partial charge in [-0.2, -0.15) is 0 Å². The Morgan fingerprint density at radius 3 is 1.58 bits per heavy atom. The molecule has 310 valence electrons. The van der Waals surface area contributed by atoms with Gasteiger partial charge in [-0.05, 0) is 112 Å². The van der Waals surface area contributed by atoms with Gasteiger partial charge in [-0.15, -0.1) is 0 Å². The maximum atomic E-state index is 13.1. The first-order valence-corrected chi connectivity index (χ1v) is 20.6. The van der Waals surface area contributed by atoms with Crippen LogP contribution in [0.3, 0.4) is 0 Å². The summed E-state index contributed by atoms with van der Waals surface area (Å²) in [4.78, 5) is 47.0. The lowest BCUT2D eigenvalue weighted by Crippen LogP contribution is -2.46. The van der Waals surface area contributed by atoms with Crippen molar-refractivity contribution in [2.45, 2.75) is 25.7 Å². The molecule has 14 heteroatoms. The molecule has 0 aliphatic carbocycles. The molecule has 0 unspecified atom stereocenters. The zero-order valence-electron chi connectivity index (χ0n) is 34.1. The highest BCUT2D eigenvalue weighted by atomic mass is 19.1. The third kappa shape index (κ3) is 11.2. The van der Waals surface area contributed by atoms with E-state index >= 15 is 0 Å². The van der Waals surface area contributed by atoms with Gasteiger partial charge in [-0.1, -0.05) is 6.07 Å². The highest BCUT2D eigenvalue weighted by Gasteiger charge is 2.18. The first-order valence-electron chi connectivity index (χ1n) is 20.6. The van der Waals surface area contributed by atoms with Crippen LogP contribution in [0, 0.1) is 5.82 Å². The summed E-state index contributed by atoms with van der Waals surface area (Å²) in [5.74, 6) is 2.32. The Morgan fingerprint density at radius 1 is 0.576 bits per heavy atom. The second-order valence-electron chi connectivity index (χ2n) is 15.1. The molecule has 2 fully saturated rings. The van der Waals surface area contributed by atoms with Crippen molar-refractivity contribution in [2.24, 2.45) is 14.1 Å². The van der Waals surface area contributed by atoms with Crippen LogP contribution in [-0.4, -0.2) is 113 Å². The Balaban J connectivity index is 0.000000179. The van der Waals surface area contributed by atoms with Gasteiger partial charge in [0, 0.05) is 78.3 Å². The molecular weight excluding hydrogens is 750 g/mol. The Bertz CT molecular complexity index is 2380. The predicted octanol–water partition coefficient (Wildman–Crippen LogP) is 5.36. The van der Waals surface area contributed by atoms with E-state index in [4.69, 9.17) is 9.47 Å². The molecule has 6 aromatic rings. The Labute approximate surface area is 344 Å². The van der Waals surface area contributed by atoms with E-state index in [1.807, 2.05) is 54.7 Å². The number of ether oxygens (including phenoxy) is 2. The summed E-state index contributed by atoms with van der Waals surface area (Å²) in [5.41, 5.74) is 2.36. The number of benzene rings is 3. The highest BCUT2D eigenvalue weighted by molar-refractivity contribution is 5.79. The van der Waals surface area contributed by atoms with Crippen LogP contribution in [0.2, 0.25) is 0 Å². The largest absolute Gasteiger partial charge is 0.494 e. The van der Waals surface area contributed by atoms with Crippen LogP contribution in [0.25, 0.3) is 21.8 Å². The van der Waals surface area contributed by atoms with Gasteiger partial charge in [0.2, 0.25) is 0 Å². The smallest absolute Gasteiger partial charge is 0.261 e. The summed E-state index contributed by atoms with van der Waals surface area (Å²) in [7, 11) is 3.40. The fraction of sp³-hybridized carbons (Fsp3) is 0.400. The molecule has 13 nitrogen and oxygen atoms in total. The molecule has 0 amide bonds. The number of fused-ring (bicyclic) bond motifs is 2. The lowest BCUT2D eigenvalue weighted by atomic mass is 10.2. The Hall–Kier alpha value is -5.86. The quantitative estimate of drug-likeness (QED) is 0.133. The minimum Gasteiger partial charge on any atom is -0.494 e. The zero-order chi connectivity index (χ0) is 41.0. The van der Waals surface area contributed by atoms with Crippen molar-refractivity contribution in [3.63, 3.8) is 0 Å². The summed E-state index contributed by atoms with van der Waals surface area (Å²) in [6.45, 7) is 11.5. The van der Waals surface area contributed by atoms with Crippen LogP contribution in [0.1, 0.15) is 25.7 Å². The number of piperazine rings is 2. The number of anilines is 2. The second-order valence-corrected chi connectivity index (χ2v) is 15.1. The molecule has 0 N–H and O–H groups in total. The number of halogens is 1. The monoisotopic (exact) mass is 803 g/mol. The van der Waals surface area contributed by atoms with Crippen molar-refractivity contribution < 1.29 is 13.9 Å². The lowest BCUT2D eigenvalue weighted by Gasteiger charge is -2.36. The van der Waals surface area contributed by atoms with Gasteiger partial charge < -0.3 is 28.4 Å². The van der Waals surface area contributed by atoms with Crippen molar-refractivity contribution in [1.29, 1.82) is 0 Å². The molecular formula is C45H54FN9O4. The second kappa shape index (κ2) is 20.2. The number of hydrogen-bond acceptors (Lipinski definition) is 11. The average Bonchev–Trinajstić information content (AvgIpc) is 3.27. The van der Waals surface area contributed by atoms with Crippen LogP contribution < -0.4 is 30.4 Å². The molecule has 5 heterocycles. The van der Waals surface area contributed by atoms with Crippen LogP contribution >= 0.6 is 0 Å². The summed E-state index contributed by atoms with van der Waals surface area (Å²) >= 11 is 0. The summed E-state index contributed by atoms with van der Waals surface area (Å²) in [6, 6.07) is 23.8. The maximum absolute atomic E-state index is 13.1. The molecule has 0 radical (unpaired) electrons. The molecule has 3 aromatic heterocycles. The lowest BCUT2D eigenvalue weighted by molar-refractivity contribution is 0.238. The van der Waals surface area contributed by atoms with E-state index < -0.39 is 0 Å². The van der Waals surface area contributed by atoms with Gasteiger partial charge in [-0.25, -0.2) is 19.3 Å². The summed E-state index contributed by atoms with van der Waals surface area (Å²) in [6.07, 6.45) is 9.04. The topological polar surface area (TPSA) is 114 Å². The average molecular weight is 804 g/mol. The molecule has 2 aliphatic heterocycles. The van der Waals surface area contributed by atoms with Crippen molar-refractivity contribution >= 4 is 33.3 Å². The van der Waals surface area contributed by atoms with Crippen LogP contribution in [0.4, 0.5) is 15.9 Å². The highest BCUT2D eigenvalue weighted by Crippen LogP contribution is 2.20. The van der Waals surface area contributed by atoms with Gasteiger partial charge in [0.15, 0.2) is 0 Å². The molecule has 2 saturated heterocycles. The first kappa shape index (κ1) is 41.3. The fourth-order valence-corrected chi connectivity index (χ4v) is 7.44. The van der Waals surface area contributed by atoms with Crippen molar-refractivity contribution in [3.8, 4) is 11.5 Å². The minimum atomic E-state index is -0.192. The van der Waals surface area contributed by atoms with E-state index in [2.05, 4.69) is 40.6 Å². The van der Waals surface area contributed by atoms with Crippen molar-refractivity contribution in [1.82, 2.24) is 33.9 Å². The summed E-state index contributed by atoms with van der Waals surface area (Å²) in [5, 5.41) is 1.18. The van der Waals surface area contributed by atoms with E-state index in [-0.39, 0.29) is 16.9 Å². The van der Waals surface area contributed by atoms with E-state index in [9.17, 15) is 14.0 Å². The van der Waals surface area contributed by atoms with Crippen LogP contribution in [0.15, 0.2) is 107 Å². The third-order valence-electron chi connectivity index (χ3n) is 11.0. The van der Waals surface area contributed by atoms with Crippen molar-refractivity contribution in [3.05, 3.63) is 124 Å². The van der Waals surface area contributed by atoms with E-state index in [1.54, 1.807) is 32.6 Å². The standard InChI is InChI=1S/C23H27FN4O2.C22H27N5O2/c1-26-17-25-22-9-8-20(16-21(22)23(26)29)30-15-3-2-10-27-11-13-28(14-12-27)19-6-4-18(24)5-7-19;1-25-17-24-20-8-7-18(16-19(20)22(25)28)29-15-5-4-10-26-11-13-27(14-12-26)21-6-2-3-9-23-21/h4-9,16-17H,2-3,10-15H2,1H3;2-3,6-9,16-17H,4-5,10-15H2,1H3. The van der Waals surface area contributed by atoms with E-state index in [1.165, 1.54) is 27.6 Å². The molecule has 0 bridgehead atoms. The van der Waals surface area contributed by atoms with Gasteiger partial charge >= 0.3 is 0 Å². The van der Waals surface area contributed by atoms with Crippen molar-refractivity contribution in [2.75, 3.05) is 88.5 Å². The Kier molecular flexibility index (Phi) is 14.1. The number of unbranched alkanes of at least 4 members (excludes halogenated alkanes) is 2. The maximum Gasteiger partial charge on any atom is 0.261 e. The van der Waals surface area contributed by atoms with Crippen LogP contribution in [0.5, 0.6) is 11.5 Å². The summed E-state index contributed by atoms with van der Waals surface area (Å²) < 4.78 is 27.7. The molecule has 0 saturated carbocycles. The first-order chi connectivity index (χ1) is 28.8. The molecule has 3 aromatic carbocycles. The Morgan fingerprint density at radius 2 is 1.08 bits per heavy atom. The van der Waals surface area contributed by atoms with Crippen LogP contribution in [-0.2, 0) is 14.1 Å². The number of aryl methyl sites for hydroxylation is 2. The number of pyridine rings is 1. The number of rotatable bonds is 14. The van der Waals surface area contributed by atoms with Gasteiger partial charge in [0.1, 0.15) is 23.1 Å². The number of hydrogen-bond donors (Lipinski definition) is 0. The van der Waals surface area contributed by atoms with E-state index in [0.717, 1.165) is 108 Å². The van der Waals surface area contributed by atoms with Gasteiger partial charge in [0.25, 0.3) is 11.1 Å².